The summed E-state index contributed by atoms with van der Waals surface area (Å²) >= 11 is 0. The topological polar surface area (TPSA) is 75.6 Å². The molecule has 2 rings (SSSR count). The van der Waals surface area contributed by atoms with Crippen molar-refractivity contribution in [2.24, 2.45) is 0 Å². The molecule has 0 aliphatic carbocycles. The maximum absolute atomic E-state index is 12.4. The van der Waals surface area contributed by atoms with Crippen LogP contribution in [-0.2, 0) is 16.6 Å². The molecule has 0 spiro atoms. The van der Waals surface area contributed by atoms with E-state index in [0.29, 0.717) is 23.6 Å². The van der Waals surface area contributed by atoms with E-state index >= 15 is 0 Å². The number of hydrogen-bond acceptors (Lipinski definition) is 4. The second kappa shape index (κ2) is 6.60. The molecular weight excluding hydrogens is 290 g/mol. The Morgan fingerprint density at radius 1 is 1.14 bits per heavy atom. The van der Waals surface area contributed by atoms with Gasteiger partial charge in [0.15, 0.2) is 0 Å². The lowest BCUT2D eigenvalue weighted by Crippen LogP contribution is -2.15. The lowest BCUT2D eigenvalue weighted by Gasteiger charge is -2.12. The van der Waals surface area contributed by atoms with Crippen LogP contribution in [0.1, 0.15) is 12.5 Å². The van der Waals surface area contributed by atoms with Crippen molar-refractivity contribution in [3.8, 4) is 5.75 Å². The van der Waals surface area contributed by atoms with Gasteiger partial charge in [0.05, 0.1) is 23.8 Å². The number of anilines is 1. The highest BCUT2D eigenvalue weighted by molar-refractivity contribution is 7.92. The first kappa shape index (κ1) is 15.3. The predicted molar refractivity (Wildman–Crippen MR) is 80.8 cm³/mol. The fourth-order valence-electron chi connectivity index (χ4n) is 1.92. The smallest absolute Gasteiger partial charge is 0.262 e. The minimum atomic E-state index is -3.75. The van der Waals surface area contributed by atoms with Crippen LogP contribution in [0.15, 0.2) is 53.4 Å². The molecule has 21 heavy (non-hydrogen) atoms. The van der Waals surface area contributed by atoms with Gasteiger partial charge in [-0.3, -0.25) is 4.72 Å². The largest absolute Gasteiger partial charge is 0.494 e. The molecule has 2 N–H and O–H groups in total. The van der Waals surface area contributed by atoms with Crippen molar-refractivity contribution < 1.29 is 18.3 Å². The Balaban J connectivity index is 2.31. The van der Waals surface area contributed by atoms with Gasteiger partial charge >= 0.3 is 0 Å². The molecule has 0 unspecified atom stereocenters. The molecule has 0 bridgehead atoms. The van der Waals surface area contributed by atoms with E-state index in [2.05, 4.69) is 4.72 Å². The highest BCUT2D eigenvalue weighted by atomic mass is 32.2. The summed E-state index contributed by atoms with van der Waals surface area (Å²) in [5.74, 6) is 0.591. The lowest BCUT2D eigenvalue weighted by atomic mass is 10.2. The van der Waals surface area contributed by atoms with Crippen LogP contribution in [0.5, 0.6) is 5.75 Å². The summed E-state index contributed by atoms with van der Waals surface area (Å²) in [6, 6.07) is 13.0. The first-order chi connectivity index (χ1) is 10.1. The van der Waals surface area contributed by atoms with E-state index in [9.17, 15) is 13.5 Å². The molecule has 112 valence electrons. The zero-order valence-electron chi connectivity index (χ0n) is 11.6. The van der Waals surface area contributed by atoms with Gasteiger partial charge in [-0.2, -0.15) is 0 Å². The summed E-state index contributed by atoms with van der Waals surface area (Å²) in [5.41, 5.74) is 0.764. The maximum Gasteiger partial charge on any atom is 0.262 e. The summed E-state index contributed by atoms with van der Waals surface area (Å²) in [6.07, 6.45) is 0. The van der Waals surface area contributed by atoms with Gasteiger partial charge in [-0.15, -0.1) is 0 Å². The van der Waals surface area contributed by atoms with E-state index in [1.54, 1.807) is 42.5 Å². The molecule has 0 heterocycles. The van der Waals surface area contributed by atoms with Gasteiger partial charge in [0.2, 0.25) is 0 Å². The number of hydrogen-bond donors (Lipinski definition) is 2. The van der Waals surface area contributed by atoms with Crippen LogP contribution in [0.25, 0.3) is 0 Å². The fraction of sp³-hybridized carbons (Fsp3) is 0.200. The van der Waals surface area contributed by atoms with Gasteiger partial charge in [-0.25, -0.2) is 8.42 Å². The zero-order valence-corrected chi connectivity index (χ0v) is 12.4. The van der Waals surface area contributed by atoms with Gasteiger partial charge in [0, 0.05) is 6.07 Å². The summed E-state index contributed by atoms with van der Waals surface area (Å²) in [5, 5.41) is 9.25. The number of rotatable bonds is 6. The van der Waals surface area contributed by atoms with E-state index in [0.717, 1.165) is 0 Å². The van der Waals surface area contributed by atoms with E-state index in [1.807, 2.05) is 6.92 Å². The minimum absolute atomic E-state index is 0.0642. The van der Waals surface area contributed by atoms with Crippen LogP contribution in [0.2, 0.25) is 0 Å². The molecular formula is C15H17NO4S. The average Bonchev–Trinajstić information content (AvgIpc) is 2.47. The standard InChI is InChI=1S/C15H17NO4S/c1-2-20-14-8-5-7-13(10-14)16-21(18,19)15-9-4-3-6-12(15)11-17/h3-10,16-17H,2,11H2,1H3. The summed E-state index contributed by atoms with van der Waals surface area (Å²) in [4.78, 5) is 0.0642. The summed E-state index contributed by atoms with van der Waals surface area (Å²) in [6.45, 7) is 2.02. The third-order valence-corrected chi connectivity index (χ3v) is 4.31. The van der Waals surface area contributed by atoms with Crippen molar-refractivity contribution in [3.05, 3.63) is 54.1 Å². The number of aliphatic hydroxyl groups excluding tert-OH is 1. The second-order valence-electron chi connectivity index (χ2n) is 4.33. The van der Waals surface area contributed by atoms with E-state index in [-0.39, 0.29) is 11.5 Å². The van der Waals surface area contributed by atoms with Gasteiger partial charge in [0.25, 0.3) is 10.0 Å². The molecule has 2 aromatic carbocycles. The Morgan fingerprint density at radius 3 is 2.62 bits per heavy atom. The summed E-state index contributed by atoms with van der Waals surface area (Å²) in [7, 11) is -3.75. The maximum atomic E-state index is 12.4. The number of aliphatic hydroxyl groups is 1. The average molecular weight is 307 g/mol. The van der Waals surface area contributed by atoms with E-state index < -0.39 is 10.0 Å². The molecule has 0 aromatic heterocycles. The zero-order chi connectivity index (χ0) is 15.3. The highest BCUT2D eigenvalue weighted by Crippen LogP contribution is 2.22. The quantitative estimate of drug-likeness (QED) is 0.859. The Kier molecular flexibility index (Phi) is 4.82. The SMILES string of the molecule is CCOc1cccc(NS(=O)(=O)c2ccccc2CO)c1. The Bertz CT molecular complexity index is 713. The minimum Gasteiger partial charge on any atom is -0.494 e. The molecule has 2 aromatic rings. The third-order valence-electron chi connectivity index (χ3n) is 2.83. The number of ether oxygens (including phenoxy) is 1. The predicted octanol–water partition coefficient (Wildman–Crippen LogP) is 2.38. The van der Waals surface area contributed by atoms with Crippen molar-refractivity contribution >= 4 is 15.7 Å². The first-order valence-electron chi connectivity index (χ1n) is 6.51. The Hall–Kier alpha value is -2.05. The van der Waals surface area contributed by atoms with Crippen molar-refractivity contribution in [1.82, 2.24) is 0 Å². The summed E-state index contributed by atoms with van der Waals surface area (Å²) < 4.78 is 32.6. The van der Waals surface area contributed by atoms with Crippen molar-refractivity contribution in [2.75, 3.05) is 11.3 Å². The molecule has 6 heteroatoms. The van der Waals surface area contributed by atoms with E-state index in [1.165, 1.54) is 6.07 Å². The number of nitrogens with one attached hydrogen (secondary N) is 1. The molecule has 0 saturated heterocycles. The molecule has 0 fully saturated rings. The van der Waals surface area contributed by atoms with Gasteiger partial charge in [-0.05, 0) is 30.7 Å². The van der Waals surface area contributed by atoms with Crippen molar-refractivity contribution in [2.45, 2.75) is 18.4 Å². The highest BCUT2D eigenvalue weighted by Gasteiger charge is 2.17. The lowest BCUT2D eigenvalue weighted by molar-refractivity contribution is 0.278. The van der Waals surface area contributed by atoms with Crippen molar-refractivity contribution in [3.63, 3.8) is 0 Å². The van der Waals surface area contributed by atoms with Crippen LogP contribution < -0.4 is 9.46 Å². The fourth-order valence-corrected chi connectivity index (χ4v) is 3.21. The Labute approximate surface area is 124 Å². The normalized spacial score (nSPS) is 11.1. The number of benzene rings is 2. The van der Waals surface area contributed by atoms with Crippen LogP contribution in [0, 0.1) is 0 Å². The van der Waals surface area contributed by atoms with Crippen LogP contribution in [0.4, 0.5) is 5.69 Å². The molecule has 0 radical (unpaired) electrons. The van der Waals surface area contributed by atoms with Crippen LogP contribution in [-0.4, -0.2) is 20.1 Å². The molecule has 0 saturated carbocycles. The molecule has 0 aliphatic rings. The monoisotopic (exact) mass is 307 g/mol. The Morgan fingerprint density at radius 2 is 1.90 bits per heavy atom. The van der Waals surface area contributed by atoms with Crippen LogP contribution >= 0.6 is 0 Å². The van der Waals surface area contributed by atoms with Gasteiger partial charge in [-0.1, -0.05) is 24.3 Å². The third kappa shape index (κ3) is 3.74. The van der Waals surface area contributed by atoms with Gasteiger partial charge in [0.1, 0.15) is 5.75 Å². The number of sulfonamides is 1. The van der Waals surface area contributed by atoms with Crippen molar-refractivity contribution in [1.29, 1.82) is 0 Å². The molecule has 5 nitrogen and oxygen atoms in total. The molecule has 0 atom stereocenters. The molecule has 0 amide bonds. The van der Waals surface area contributed by atoms with Crippen LogP contribution in [0.3, 0.4) is 0 Å². The van der Waals surface area contributed by atoms with E-state index in [4.69, 9.17) is 4.74 Å². The van der Waals surface area contributed by atoms with Gasteiger partial charge < -0.3 is 9.84 Å². The molecule has 0 aliphatic heterocycles. The first-order valence-corrected chi connectivity index (χ1v) is 7.99. The second-order valence-corrected chi connectivity index (χ2v) is 5.98.